The van der Waals surface area contributed by atoms with Crippen LogP contribution >= 0.6 is 0 Å². The van der Waals surface area contributed by atoms with Crippen LogP contribution < -0.4 is 5.32 Å². The SMILES string of the molecule is CCOC(=O)[C@@H]1Cc2c(cccc2[N+](=O)[O-])N1. The molecular weight excluding hydrogens is 224 g/mol. The molecule has 1 aromatic carbocycles. The molecule has 0 amide bonds. The van der Waals surface area contributed by atoms with Crippen molar-refractivity contribution in [2.45, 2.75) is 19.4 Å². The smallest absolute Gasteiger partial charge is 0.328 e. The summed E-state index contributed by atoms with van der Waals surface area (Å²) in [6.45, 7) is 2.03. The number of benzene rings is 1. The van der Waals surface area contributed by atoms with Crippen molar-refractivity contribution in [3.63, 3.8) is 0 Å². The maximum absolute atomic E-state index is 11.5. The minimum Gasteiger partial charge on any atom is -0.464 e. The van der Waals surface area contributed by atoms with Crippen LogP contribution in [0.25, 0.3) is 0 Å². The molecule has 0 aromatic heterocycles. The van der Waals surface area contributed by atoms with Gasteiger partial charge in [0.15, 0.2) is 0 Å². The fourth-order valence-electron chi connectivity index (χ4n) is 1.92. The summed E-state index contributed by atoms with van der Waals surface area (Å²) in [5.41, 5.74) is 1.25. The van der Waals surface area contributed by atoms with Gasteiger partial charge < -0.3 is 10.1 Å². The lowest BCUT2D eigenvalue weighted by Gasteiger charge is -2.08. The van der Waals surface area contributed by atoms with E-state index in [1.165, 1.54) is 6.07 Å². The molecule has 90 valence electrons. The van der Waals surface area contributed by atoms with Gasteiger partial charge in [0.2, 0.25) is 0 Å². The number of fused-ring (bicyclic) bond motifs is 1. The van der Waals surface area contributed by atoms with E-state index < -0.39 is 11.0 Å². The number of carbonyl (C=O) groups is 1. The van der Waals surface area contributed by atoms with Crippen LogP contribution in [0, 0.1) is 10.1 Å². The molecule has 17 heavy (non-hydrogen) atoms. The second kappa shape index (κ2) is 4.40. The van der Waals surface area contributed by atoms with Gasteiger partial charge in [-0.1, -0.05) is 6.07 Å². The normalized spacial score (nSPS) is 17.1. The van der Waals surface area contributed by atoms with Crippen molar-refractivity contribution in [1.82, 2.24) is 0 Å². The third-order valence-corrected chi connectivity index (χ3v) is 2.66. The number of rotatable bonds is 3. The fraction of sp³-hybridized carbons (Fsp3) is 0.364. The van der Waals surface area contributed by atoms with Gasteiger partial charge in [-0.25, -0.2) is 4.79 Å². The van der Waals surface area contributed by atoms with Gasteiger partial charge in [-0.05, 0) is 13.0 Å². The minimum absolute atomic E-state index is 0.0433. The van der Waals surface area contributed by atoms with Crippen molar-refractivity contribution in [1.29, 1.82) is 0 Å². The van der Waals surface area contributed by atoms with Crippen LogP contribution in [-0.2, 0) is 16.0 Å². The molecule has 6 heteroatoms. The van der Waals surface area contributed by atoms with Crippen molar-refractivity contribution < 1.29 is 14.5 Å². The van der Waals surface area contributed by atoms with Gasteiger partial charge in [-0.15, -0.1) is 0 Å². The number of anilines is 1. The molecule has 1 N–H and O–H groups in total. The molecule has 0 bridgehead atoms. The number of nitrogens with zero attached hydrogens (tertiary/aromatic N) is 1. The van der Waals surface area contributed by atoms with Crippen LogP contribution in [0.2, 0.25) is 0 Å². The van der Waals surface area contributed by atoms with E-state index in [2.05, 4.69) is 5.32 Å². The topological polar surface area (TPSA) is 81.5 Å². The molecule has 6 nitrogen and oxygen atoms in total. The molecule has 1 aliphatic heterocycles. The second-order valence-electron chi connectivity index (χ2n) is 3.71. The highest BCUT2D eigenvalue weighted by atomic mass is 16.6. The molecule has 1 aliphatic rings. The molecule has 1 aromatic rings. The van der Waals surface area contributed by atoms with Crippen LogP contribution in [-0.4, -0.2) is 23.5 Å². The fourth-order valence-corrected chi connectivity index (χ4v) is 1.92. The Bertz CT molecular complexity index is 473. The third kappa shape index (κ3) is 2.06. The Morgan fingerprint density at radius 1 is 1.65 bits per heavy atom. The molecule has 0 radical (unpaired) electrons. The molecule has 0 fully saturated rings. The van der Waals surface area contributed by atoms with Gasteiger partial charge in [0.25, 0.3) is 5.69 Å². The van der Waals surface area contributed by atoms with E-state index in [0.717, 1.165) is 0 Å². The number of hydrogen-bond acceptors (Lipinski definition) is 5. The predicted octanol–water partition coefficient (Wildman–Crippen LogP) is 1.49. The number of ether oxygens (including phenoxy) is 1. The summed E-state index contributed by atoms with van der Waals surface area (Å²) in [5, 5.41) is 13.8. The minimum atomic E-state index is -0.522. The lowest BCUT2D eigenvalue weighted by Crippen LogP contribution is -2.29. The van der Waals surface area contributed by atoms with Crippen LogP contribution in [0.5, 0.6) is 0 Å². The van der Waals surface area contributed by atoms with Gasteiger partial charge in [0.1, 0.15) is 6.04 Å². The molecule has 0 spiro atoms. The summed E-state index contributed by atoms with van der Waals surface area (Å²) in [4.78, 5) is 21.9. The Hall–Kier alpha value is -2.11. The van der Waals surface area contributed by atoms with Crippen molar-refractivity contribution in [3.05, 3.63) is 33.9 Å². The zero-order valence-electron chi connectivity index (χ0n) is 9.30. The predicted molar refractivity (Wildman–Crippen MR) is 60.8 cm³/mol. The second-order valence-corrected chi connectivity index (χ2v) is 3.71. The number of hydrogen-bond donors (Lipinski definition) is 1. The van der Waals surface area contributed by atoms with Crippen molar-refractivity contribution in [2.24, 2.45) is 0 Å². The molecule has 2 rings (SSSR count). The van der Waals surface area contributed by atoms with E-state index in [-0.39, 0.29) is 11.7 Å². The van der Waals surface area contributed by atoms with Gasteiger partial charge in [-0.2, -0.15) is 0 Å². The number of nitrogens with one attached hydrogen (secondary N) is 1. The van der Waals surface area contributed by atoms with Crippen LogP contribution in [0.1, 0.15) is 12.5 Å². The first-order valence-corrected chi connectivity index (χ1v) is 5.33. The lowest BCUT2D eigenvalue weighted by molar-refractivity contribution is -0.385. The summed E-state index contributed by atoms with van der Waals surface area (Å²) >= 11 is 0. The summed E-state index contributed by atoms with van der Waals surface area (Å²) in [6.07, 6.45) is 0.297. The maximum Gasteiger partial charge on any atom is 0.328 e. The largest absolute Gasteiger partial charge is 0.464 e. The first kappa shape index (κ1) is 11.4. The van der Waals surface area contributed by atoms with Crippen molar-refractivity contribution >= 4 is 17.3 Å². The monoisotopic (exact) mass is 236 g/mol. The standard InChI is InChI=1S/C11H12N2O4/c1-2-17-11(14)9-6-7-8(12-9)4-3-5-10(7)13(15)16/h3-5,9,12H,2,6H2,1H3/t9-/m0/s1. The van der Waals surface area contributed by atoms with Crippen LogP contribution in [0.3, 0.4) is 0 Å². The molecule has 1 atom stereocenters. The number of nitro groups is 1. The van der Waals surface area contributed by atoms with Gasteiger partial charge >= 0.3 is 5.97 Å². The van der Waals surface area contributed by atoms with E-state index in [1.54, 1.807) is 19.1 Å². The van der Waals surface area contributed by atoms with Crippen molar-refractivity contribution in [2.75, 3.05) is 11.9 Å². The molecule has 1 heterocycles. The highest BCUT2D eigenvalue weighted by Gasteiger charge is 2.32. The Kier molecular flexibility index (Phi) is 2.95. The van der Waals surface area contributed by atoms with E-state index in [9.17, 15) is 14.9 Å². The van der Waals surface area contributed by atoms with Gasteiger partial charge in [0, 0.05) is 18.2 Å². The molecule has 0 unspecified atom stereocenters. The lowest BCUT2D eigenvalue weighted by atomic mass is 10.1. The summed E-state index contributed by atoms with van der Waals surface area (Å²) < 4.78 is 4.89. The Morgan fingerprint density at radius 3 is 3.06 bits per heavy atom. The molecule has 0 saturated heterocycles. The summed E-state index contributed by atoms with van der Waals surface area (Å²) in [6, 6.07) is 4.23. The average Bonchev–Trinajstić information content (AvgIpc) is 2.72. The summed E-state index contributed by atoms with van der Waals surface area (Å²) in [7, 11) is 0. The maximum atomic E-state index is 11.5. The highest BCUT2D eigenvalue weighted by Crippen LogP contribution is 2.33. The van der Waals surface area contributed by atoms with Crippen LogP contribution in [0.15, 0.2) is 18.2 Å². The first-order chi connectivity index (χ1) is 8.13. The Labute approximate surface area is 97.7 Å². The number of nitro benzene ring substituents is 1. The summed E-state index contributed by atoms with van der Waals surface area (Å²) in [5.74, 6) is -0.377. The third-order valence-electron chi connectivity index (χ3n) is 2.66. The van der Waals surface area contributed by atoms with E-state index >= 15 is 0 Å². The van der Waals surface area contributed by atoms with E-state index in [4.69, 9.17) is 4.74 Å². The van der Waals surface area contributed by atoms with E-state index in [0.29, 0.717) is 24.3 Å². The van der Waals surface area contributed by atoms with Crippen LogP contribution in [0.4, 0.5) is 11.4 Å². The average molecular weight is 236 g/mol. The molecular formula is C11H12N2O4. The highest BCUT2D eigenvalue weighted by molar-refractivity contribution is 5.84. The Balaban J connectivity index is 2.24. The zero-order valence-corrected chi connectivity index (χ0v) is 9.30. The molecule has 0 aliphatic carbocycles. The zero-order chi connectivity index (χ0) is 12.4. The van der Waals surface area contributed by atoms with Gasteiger partial charge in [0.05, 0.1) is 17.1 Å². The first-order valence-electron chi connectivity index (χ1n) is 5.33. The van der Waals surface area contributed by atoms with Crippen molar-refractivity contribution in [3.8, 4) is 0 Å². The van der Waals surface area contributed by atoms with E-state index in [1.807, 2.05) is 0 Å². The molecule has 0 saturated carbocycles. The number of carbonyl (C=O) groups excluding carboxylic acids is 1. The Morgan fingerprint density at radius 2 is 2.41 bits per heavy atom. The quantitative estimate of drug-likeness (QED) is 0.488. The van der Waals surface area contributed by atoms with Gasteiger partial charge in [-0.3, -0.25) is 10.1 Å². The number of esters is 1.